The van der Waals surface area contributed by atoms with Crippen molar-refractivity contribution in [2.45, 2.75) is 19.9 Å². The normalized spacial score (nSPS) is 11.8. The van der Waals surface area contributed by atoms with Crippen LogP contribution in [0, 0.1) is 6.92 Å². The third kappa shape index (κ3) is 4.29. The molecule has 4 aromatic rings. The number of ether oxygens (including phenoxy) is 2. The number of amides is 1. The highest BCUT2D eigenvalue weighted by molar-refractivity contribution is 5.92. The highest BCUT2D eigenvalue weighted by Crippen LogP contribution is 2.30. The number of hydrogen-bond acceptors (Lipinski definition) is 8. The van der Waals surface area contributed by atoms with Crippen LogP contribution in [0.15, 0.2) is 53.6 Å². The van der Waals surface area contributed by atoms with Crippen molar-refractivity contribution in [1.29, 1.82) is 0 Å². The van der Waals surface area contributed by atoms with Gasteiger partial charge < -0.3 is 19.3 Å². The lowest BCUT2D eigenvalue weighted by Crippen LogP contribution is -2.27. The largest absolute Gasteiger partial charge is 0.493 e. The molecule has 4 rings (SSSR count). The molecule has 0 bridgehead atoms. The average molecular weight is 434 g/mol. The molecule has 32 heavy (non-hydrogen) atoms. The van der Waals surface area contributed by atoms with Gasteiger partial charge in [-0.15, -0.1) is 0 Å². The number of hydrogen-bond donors (Lipinski definition) is 1. The Labute approximate surface area is 184 Å². The van der Waals surface area contributed by atoms with Gasteiger partial charge in [-0.1, -0.05) is 11.2 Å². The van der Waals surface area contributed by atoms with Crippen LogP contribution in [0.3, 0.4) is 0 Å². The molecule has 10 nitrogen and oxygen atoms in total. The molecule has 1 amide bonds. The Kier molecular flexibility index (Phi) is 5.84. The van der Waals surface area contributed by atoms with Crippen molar-refractivity contribution in [3.05, 3.63) is 66.1 Å². The maximum absolute atomic E-state index is 12.7. The van der Waals surface area contributed by atoms with E-state index in [0.29, 0.717) is 29.0 Å². The number of aryl methyl sites for hydroxylation is 1. The summed E-state index contributed by atoms with van der Waals surface area (Å²) in [5, 5.41) is 6.74. The number of imidazole rings is 1. The van der Waals surface area contributed by atoms with E-state index in [1.807, 2.05) is 19.1 Å². The third-order valence-electron chi connectivity index (χ3n) is 4.85. The zero-order valence-corrected chi connectivity index (χ0v) is 18.1. The van der Waals surface area contributed by atoms with Gasteiger partial charge in [-0.05, 0) is 43.7 Å². The fourth-order valence-electron chi connectivity index (χ4n) is 3.15. The van der Waals surface area contributed by atoms with Gasteiger partial charge in [0, 0.05) is 18.0 Å². The molecule has 0 saturated heterocycles. The molecule has 1 unspecified atom stereocenters. The van der Waals surface area contributed by atoms with Gasteiger partial charge in [-0.25, -0.2) is 9.97 Å². The van der Waals surface area contributed by atoms with Crippen molar-refractivity contribution in [2.24, 2.45) is 0 Å². The molecule has 164 valence electrons. The second kappa shape index (κ2) is 8.88. The number of benzene rings is 1. The maximum atomic E-state index is 12.7. The lowest BCUT2D eigenvalue weighted by atomic mass is 10.1. The summed E-state index contributed by atoms with van der Waals surface area (Å²) in [7, 11) is 3.15. The second-order valence-corrected chi connectivity index (χ2v) is 7.03. The van der Waals surface area contributed by atoms with Crippen LogP contribution in [-0.4, -0.2) is 44.8 Å². The predicted molar refractivity (Wildman–Crippen MR) is 115 cm³/mol. The first-order valence-electron chi connectivity index (χ1n) is 9.82. The standard InChI is InChI=1S/C22H22N6O4/c1-13(15-5-6-18(30-3)19(9-15)31-4)25-21(29)17-11-28(12-24-17)20-10-16(7-8-23-20)22-26-14(2)27-32-22/h5-13H,1-4H3,(H,25,29). The molecule has 0 saturated carbocycles. The molecule has 0 aliphatic carbocycles. The minimum atomic E-state index is -0.310. The van der Waals surface area contributed by atoms with E-state index in [-0.39, 0.29) is 17.6 Å². The molecule has 3 aromatic heterocycles. The summed E-state index contributed by atoms with van der Waals surface area (Å²) in [4.78, 5) is 25.5. The molecular formula is C22H22N6O4. The smallest absolute Gasteiger partial charge is 0.271 e. The molecule has 0 aliphatic heterocycles. The maximum Gasteiger partial charge on any atom is 0.271 e. The zero-order chi connectivity index (χ0) is 22.7. The van der Waals surface area contributed by atoms with Crippen LogP contribution in [0.25, 0.3) is 17.3 Å². The van der Waals surface area contributed by atoms with Crippen molar-refractivity contribution in [1.82, 2.24) is 30.0 Å². The Morgan fingerprint density at radius 2 is 1.94 bits per heavy atom. The van der Waals surface area contributed by atoms with Crippen molar-refractivity contribution >= 4 is 5.91 Å². The number of aromatic nitrogens is 5. The van der Waals surface area contributed by atoms with Gasteiger partial charge in [0.15, 0.2) is 17.3 Å². The van der Waals surface area contributed by atoms with Crippen LogP contribution in [0.5, 0.6) is 11.5 Å². The van der Waals surface area contributed by atoms with Gasteiger partial charge in [0.2, 0.25) is 0 Å². The number of pyridine rings is 1. The molecule has 1 aromatic carbocycles. The Hall–Kier alpha value is -4.21. The lowest BCUT2D eigenvalue weighted by Gasteiger charge is -2.16. The van der Waals surface area contributed by atoms with E-state index < -0.39 is 0 Å². The summed E-state index contributed by atoms with van der Waals surface area (Å²) in [5.41, 5.74) is 1.86. The lowest BCUT2D eigenvalue weighted by molar-refractivity contribution is 0.0935. The monoisotopic (exact) mass is 434 g/mol. The summed E-state index contributed by atoms with van der Waals surface area (Å²) in [6.07, 6.45) is 4.77. The Balaban J connectivity index is 1.50. The number of nitrogens with zero attached hydrogens (tertiary/aromatic N) is 5. The molecular weight excluding hydrogens is 412 g/mol. The molecule has 10 heteroatoms. The van der Waals surface area contributed by atoms with Crippen LogP contribution in [-0.2, 0) is 0 Å². The zero-order valence-electron chi connectivity index (χ0n) is 18.1. The number of methoxy groups -OCH3 is 2. The van der Waals surface area contributed by atoms with E-state index in [1.165, 1.54) is 6.33 Å². The first-order valence-corrected chi connectivity index (χ1v) is 9.82. The van der Waals surface area contributed by atoms with Gasteiger partial charge in [0.05, 0.1) is 20.3 Å². The van der Waals surface area contributed by atoms with E-state index in [4.69, 9.17) is 14.0 Å². The van der Waals surface area contributed by atoms with Crippen LogP contribution >= 0.6 is 0 Å². The van der Waals surface area contributed by atoms with E-state index in [2.05, 4.69) is 25.4 Å². The van der Waals surface area contributed by atoms with Crippen LogP contribution < -0.4 is 14.8 Å². The quantitative estimate of drug-likeness (QED) is 0.471. The molecule has 0 radical (unpaired) electrons. The molecule has 0 aliphatic rings. The second-order valence-electron chi connectivity index (χ2n) is 7.03. The van der Waals surface area contributed by atoms with Gasteiger partial charge in [-0.2, -0.15) is 4.98 Å². The summed E-state index contributed by atoms with van der Waals surface area (Å²) < 4.78 is 17.5. The molecule has 1 atom stereocenters. The van der Waals surface area contributed by atoms with E-state index in [9.17, 15) is 4.79 Å². The minimum Gasteiger partial charge on any atom is -0.493 e. The Morgan fingerprint density at radius 3 is 2.66 bits per heavy atom. The van der Waals surface area contributed by atoms with Crippen LogP contribution in [0.1, 0.15) is 34.8 Å². The topological polar surface area (TPSA) is 117 Å². The Bertz CT molecular complexity index is 1250. The summed E-state index contributed by atoms with van der Waals surface area (Å²) in [6, 6.07) is 8.79. The summed E-state index contributed by atoms with van der Waals surface area (Å²) in [6.45, 7) is 3.63. The predicted octanol–water partition coefficient (Wildman–Crippen LogP) is 3.13. The van der Waals surface area contributed by atoms with E-state index >= 15 is 0 Å². The van der Waals surface area contributed by atoms with E-state index in [0.717, 1.165) is 11.1 Å². The first kappa shape index (κ1) is 21.0. The van der Waals surface area contributed by atoms with Crippen molar-refractivity contribution in [3.63, 3.8) is 0 Å². The summed E-state index contributed by atoms with van der Waals surface area (Å²) >= 11 is 0. The third-order valence-corrected chi connectivity index (χ3v) is 4.85. The number of carbonyl (C=O) groups is 1. The van der Waals surface area contributed by atoms with Gasteiger partial charge in [0.25, 0.3) is 11.8 Å². The highest BCUT2D eigenvalue weighted by atomic mass is 16.5. The molecule has 3 heterocycles. The highest BCUT2D eigenvalue weighted by Gasteiger charge is 2.17. The van der Waals surface area contributed by atoms with Crippen LogP contribution in [0.4, 0.5) is 0 Å². The molecule has 1 N–H and O–H groups in total. The van der Waals surface area contributed by atoms with Gasteiger partial charge >= 0.3 is 0 Å². The van der Waals surface area contributed by atoms with Crippen LogP contribution in [0.2, 0.25) is 0 Å². The fourth-order valence-corrected chi connectivity index (χ4v) is 3.15. The molecule has 0 fully saturated rings. The van der Waals surface area contributed by atoms with E-state index in [1.54, 1.807) is 56.3 Å². The number of rotatable bonds is 7. The van der Waals surface area contributed by atoms with Crippen molar-refractivity contribution in [2.75, 3.05) is 14.2 Å². The van der Waals surface area contributed by atoms with Gasteiger partial charge in [0.1, 0.15) is 17.8 Å². The Morgan fingerprint density at radius 1 is 1.12 bits per heavy atom. The molecule has 0 spiro atoms. The van der Waals surface area contributed by atoms with Crippen molar-refractivity contribution in [3.8, 4) is 28.8 Å². The number of nitrogens with one attached hydrogen (secondary N) is 1. The average Bonchev–Trinajstić information content (AvgIpc) is 3.48. The minimum absolute atomic E-state index is 0.262. The van der Waals surface area contributed by atoms with Crippen molar-refractivity contribution < 1.29 is 18.8 Å². The fraction of sp³-hybridized carbons (Fsp3) is 0.227. The number of carbonyl (C=O) groups excluding carboxylic acids is 1. The first-order chi connectivity index (χ1) is 15.5. The van der Waals surface area contributed by atoms with Gasteiger partial charge in [-0.3, -0.25) is 9.36 Å². The SMILES string of the molecule is COc1ccc(C(C)NC(=O)c2cn(-c3cc(-c4nc(C)no4)ccn3)cn2)cc1OC. The summed E-state index contributed by atoms with van der Waals surface area (Å²) in [5.74, 6) is 2.42.